The van der Waals surface area contributed by atoms with Crippen LogP contribution in [-0.4, -0.2) is 21.1 Å². The SMILES string of the molecule is CCC(=O)c1c(O)cccc1-c1ccc(O)cc1O. The van der Waals surface area contributed by atoms with E-state index in [1.165, 1.54) is 24.3 Å². The maximum Gasteiger partial charge on any atom is 0.166 e. The first-order chi connectivity index (χ1) is 9.04. The molecule has 0 fully saturated rings. The van der Waals surface area contributed by atoms with Crippen LogP contribution in [-0.2, 0) is 0 Å². The molecule has 0 amide bonds. The van der Waals surface area contributed by atoms with Crippen molar-refractivity contribution in [2.75, 3.05) is 0 Å². The lowest BCUT2D eigenvalue weighted by Crippen LogP contribution is -2.00. The number of Topliss-reactive ketones (excluding diaryl/α,β-unsaturated/α-hetero) is 1. The summed E-state index contributed by atoms with van der Waals surface area (Å²) in [7, 11) is 0. The highest BCUT2D eigenvalue weighted by atomic mass is 16.3. The first kappa shape index (κ1) is 13.0. The summed E-state index contributed by atoms with van der Waals surface area (Å²) in [5.41, 5.74) is 1.03. The number of aromatic hydroxyl groups is 3. The minimum absolute atomic E-state index is 0.0650. The number of carbonyl (C=O) groups excluding carboxylic acids is 1. The van der Waals surface area contributed by atoms with Gasteiger partial charge < -0.3 is 15.3 Å². The molecule has 0 aliphatic rings. The standard InChI is InChI=1S/C15H14O4/c1-2-12(17)15-11(4-3-5-13(15)18)10-7-6-9(16)8-14(10)19/h3-8,16,18-19H,2H2,1H3. The van der Waals surface area contributed by atoms with Crippen molar-refractivity contribution in [3.63, 3.8) is 0 Å². The average Bonchev–Trinajstić information content (AvgIpc) is 2.37. The number of rotatable bonds is 3. The van der Waals surface area contributed by atoms with E-state index in [1.54, 1.807) is 19.1 Å². The van der Waals surface area contributed by atoms with Gasteiger partial charge in [0, 0.05) is 18.1 Å². The lowest BCUT2D eigenvalue weighted by Gasteiger charge is -2.11. The lowest BCUT2D eigenvalue weighted by atomic mass is 9.94. The van der Waals surface area contributed by atoms with Crippen molar-refractivity contribution in [2.45, 2.75) is 13.3 Å². The van der Waals surface area contributed by atoms with E-state index in [9.17, 15) is 20.1 Å². The second-order valence-corrected chi connectivity index (χ2v) is 4.18. The van der Waals surface area contributed by atoms with Gasteiger partial charge in [-0.25, -0.2) is 0 Å². The number of benzene rings is 2. The number of hydrogen-bond acceptors (Lipinski definition) is 4. The minimum Gasteiger partial charge on any atom is -0.508 e. The second-order valence-electron chi connectivity index (χ2n) is 4.18. The molecule has 0 saturated carbocycles. The normalized spacial score (nSPS) is 10.4. The van der Waals surface area contributed by atoms with Gasteiger partial charge >= 0.3 is 0 Å². The average molecular weight is 258 g/mol. The zero-order valence-corrected chi connectivity index (χ0v) is 10.4. The third kappa shape index (κ3) is 2.38. The molecule has 0 spiro atoms. The quantitative estimate of drug-likeness (QED) is 0.739. The molecule has 0 aliphatic heterocycles. The van der Waals surface area contributed by atoms with Crippen molar-refractivity contribution in [3.8, 4) is 28.4 Å². The van der Waals surface area contributed by atoms with E-state index < -0.39 is 0 Å². The number of phenolic OH excluding ortho intramolecular Hbond substituents is 3. The van der Waals surface area contributed by atoms with E-state index in [2.05, 4.69) is 0 Å². The summed E-state index contributed by atoms with van der Waals surface area (Å²) in [6.45, 7) is 1.70. The predicted molar refractivity (Wildman–Crippen MR) is 71.5 cm³/mol. The third-order valence-electron chi connectivity index (χ3n) is 2.91. The van der Waals surface area contributed by atoms with Gasteiger partial charge in [0.25, 0.3) is 0 Å². The summed E-state index contributed by atoms with van der Waals surface area (Å²) in [6, 6.07) is 8.80. The first-order valence-electron chi connectivity index (χ1n) is 5.92. The van der Waals surface area contributed by atoms with Gasteiger partial charge in [-0.1, -0.05) is 19.1 Å². The lowest BCUT2D eigenvalue weighted by molar-refractivity contribution is 0.0986. The maximum atomic E-state index is 11.9. The topological polar surface area (TPSA) is 77.8 Å². The van der Waals surface area contributed by atoms with Gasteiger partial charge in [-0.15, -0.1) is 0 Å². The van der Waals surface area contributed by atoms with Crippen LogP contribution in [0.25, 0.3) is 11.1 Å². The van der Waals surface area contributed by atoms with Crippen molar-refractivity contribution < 1.29 is 20.1 Å². The summed E-state index contributed by atoms with van der Waals surface area (Å²) in [4.78, 5) is 11.9. The zero-order valence-electron chi connectivity index (χ0n) is 10.4. The Balaban J connectivity index is 2.68. The van der Waals surface area contributed by atoms with E-state index in [0.29, 0.717) is 11.1 Å². The molecule has 4 heteroatoms. The molecule has 0 aliphatic carbocycles. The van der Waals surface area contributed by atoms with Crippen LogP contribution < -0.4 is 0 Å². The van der Waals surface area contributed by atoms with E-state index in [0.717, 1.165) is 0 Å². The molecule has 2 rings (SSSR count). The zero-order chi connectivity index (χ0) is 14.0. The van der Waals surface area contributed by atoms with E-state index >= 15 is 0 Å². The third-order valence-corrected chi connectivity index (χ3v) is 2.91. The van der Waals surface area contributed by atoms with E-state index in [4.69, 9.17) is 0 Å². The van der Waals surface area contributed by atoms with Crippen molar-refractivity contribution in [3.05, 3.63) is 42.0 Å². The van der Waals surface area contributed by atoms with Crippen LogP contribution in [0.1, 0.15) is 23.7 Å². The number of phenols is 3. The molecule has 0 heterocycles. The van der Waals surface area contributed by atoms with Gasteiger partial charge in [0.1, 0.15) is 17.2 Å². The Morgan fingerprint density at radius 2 is 1.74 bits per heavy atom. The first-order valence-corrected chi connectivity index (χ1v) is 5.92. The second kappa shape index (κ2) is 5.02. The fourth-order valence-corrected chi connectivity index (χ4v) is 1.98. The van der Waals surface area contributed by atoms with Crippen LogP contribution in [0.5, 0.6) is 17.2 Å². The minimum atomic E-state index is -0.208. The Morgan fingerprint density at radius 3 is 2.37 bits per heavy atom. The Kier molecular flexibility index (Phi) is 3.42. The molecular weight excluding hydrogens is 244 g/mol. The molecule has 2 aromatic rings. The van der Waals surface area contributed by atoms with Gasteiger partial charge in [-0.05, 0) is 23.8 Å². The molecule has 0 aromatic heterocycles. The molecule has 0 saturated heterocycles. The van der Waals surface area contributed by atoms with Crippen LogP contribution >= 0.6 is 0 Å². The maximum absolute atomic E-state index is 11.9. The highest BCUT2D eigenvalue weighted by Gasteiger charge is 2.17. The molecule has 0 radical (unpaired) electrons. The molecule has 3 N–H and O–H groups in total. The number of hydrogen-bond donors (Lipinski definition) is 3. The van der Waals surface area contributed by atoms with E-state index in [-0.39, 0.29) is 35.0 Å². The van der Waals surface area contributed by atoms with Gasteiger partial charge in [0.2, 0.25) is 0 Å². The van der Waals surface area contributed by atoms with Crippen LogP contribution in [0.4, 0.5) is 0 Å². The molecule has 0 atom stereocenters. The molecule has 19 heavy (non-hydrogen) atoms. The molecule has 2 aromatic carbocycles. The summed E-state index contributed by atoms with van der Waals surface area (Å²) in [5, 5.41) is 29.0. The molecule has 0 unspecified atom stereocenters. The highest BCUT2D eigenvalue weighted by Crippen LogP contribution is 2.37. The number of ketones is 1. The Labute approximate surface area is 110 Å². The van der Waals surface area contributed by atoms with Gasteiger partial charge in [-0.3, -0.25) is 4.79 Å². The summed E-state index contributed by atoms with van der Waals surface area (Å²) < 4.78 is 0. The largest absolute Gasteiger partial charge is 0.508 e. The monoisotopic (exact) mass is 258 g/mol. The Bertz CT molecular complexity index is 632. The fourth-order valence-electron chi connectivity index (χ4n) is 1.98. The predicted octanol–water partition coefficient (Wildman–Crippen LogP) is 3.06. The summed E-state index contributed by atoms with van der Waals surface area (Å²) in [5.74, 6) is -0.530. The van der Waals surface area contributed by atoms with Gasteiger partial charge in [-0.2, -0.15) is 0 Å². The van der Waals surface area contributed by atoms with Gasteiger partial charge in [0.05, 0.1) is 5.56 Å². The Hall–Kier alpha value is -2.49. The summed E-state index contributed by atoms with van der Waals surface area (Å²) in [6.07, 6.45) is 0.253. The molecular formula is C15H14O4. The fraction of sp³-hybridized carbons (Fsp3) is 0.133. The smallest absolute Gasteiger partial charge is 0.166 e. The van der Waals surface area contributed by atoms with Crippen molar-refractivity contribution in [1.82, 2.24) is 0 Å². The van der Waals surface area contributed by atoms with Crippen LogP contribution in [0.15, 0.2) is 36.4 Å². The van der Waals surface area contributed by atoms with Crippen molar-refractivity contribution in [1.29, 1.82) is 0 Å². The van der Waals surface area contributed by atoms with Crippen molar-refractivity contribution >= 4 is 5.78 Å². The van der Waals surface area contributed by atoms with Crippen molar-refractivity contribution in [2.24, 2.45) is 0 Å². The molecule has 0 bridgehead atoms. The van der Waals surface area contributed by atoms with Crippen LogP contribution in [0.2, 0.25) is 0 Å². The Morgan fingerprint density at radius 1 is 1.00 bits per heavy atom. The van der Waals surface area contributed by atoms with Gasteiger partial charge in [0.15, 0.2) is 5.78 Å². The highest BCUT2D eigenvalue weighted by molar-refractivity contribution is 6.05. The number of carbonyl (C=O) groups is 1. The molecule has 98 valence electrons. The van der Waals surface area contributed by atoms with E-state index in [1.807, 2.05) is 0 Å². The van der Waals surface area contributed by atoms with Crippen LogP contribution in [0, 0.1) is 0 Å². The summed E-state index contributed by atoms with van der Waals surface area (Å²) >= 11 is 0. The molecule has 4 nitrogen and oxygen atoms in total. The van der Waals surface area contributed by atoms with Crippen LogP contribution in [0.3, 0.4) is 0 Å².